The highest BCUT2D eigenvalue weighted by atomic mass is 16.5. The first-order valence-corrected chi connectivity index (χ1v) is 9.79. The molecule has 2 heterocycles. The van der Waals surface area contributed by atoms with E-state index >= 15 is 0 Å². The summed E-state index contributed by atoms with van der Waals surface area (Å²) < 4.78 is 10.8. The molecule has 2 atom stereocenters. The van der Waals surface area contributed by atoms with Crippen LogP contribution >= 0.6 is 0 Å². The van der Waals surface area contributed by atoms with E-state index < -0.39 is 0 Å². The van der Waals surface area contributed by atoms with E-state index in [1.807, 2.05) is 47.9 Å². The first-order chi connectivity index (χ1) is 13.0. The molecule has 2 amide bonds. The molecule has 2 aliphatic heterocycles. The molecular formula is C21H30N2O4. The number of carbonyl (C=O) groups excluding carboxylic acids is 2. The van der Waals surface area contributed by atoms with Crippen LogP contribution in [-0.4, -0.2) is 67.1 Å². The Labute approximate surface area is 161 Å². The molecule has 2 unspecified atom stereocenters. The normalized spacial score (nSPS) is 24.1. The van der Waals surface area contributed by atoms with Crippen LogP contribution in [0.2, 0.25) is 0 Å². The van der Waals surface area contributed by atoms with Crippen molar-refractivity contribution in [3.63, 3.8) is 0 Å². The topological polar surface area (TPSA) is 59.1 Å². The summed E-state index contributed by atoms with van der Waals surface area (Å²) in [5.41, 5.74) is 1.74. The summed E-state index contributed by atoms with van der Waals surface area (Å²) in [4.78, 5) is 29.4. The lowest BCUT2D eigenvalue weighted by atomic mass is 9.94. The molecule has 2 aliphatic rings. The third-order valence-electron chi connectivity index (χ3n) is 5.37. The number of likely N-dealkylation sites (tertiary alicyclic amines) is 1. The van der Waals surface area contributed by atoms with E-state index in [0.717, 1.165) is 18.4 Å². The van der Waals surface area contributed by atoms with Gasteiger partial charge in [0, 0.05) is 44.8 Å². The standard InChI is InChI=1S/C21H30N2O4/c1-15-12-23(13-16(2)27-15)21(25)19-8-10-22(11-9-19)20(24)18-6-4-17(5-7-18)14-26-3/h4-7,15-16,19H,8-14H2,1-3H3. The van der Waals surface area contributed by atoms with E-state index in [9.17, 15) is 9.59 Å². The van der Waals surface area contributed by atoms with Crippen LogP contribution in [0.1, 0.15) is 42.6 Å². The molecule has 1 aromatic carbocycles. The second kappa shape index (κ2) is 8.85. The van der Waals surface area contributed by atoms with Crippen molar-refractivity contribution >= 4 is 11.8 Å². The highest BCUT2D eigenvalue weighted by molar-refractivity contribution is 5.94. The third kappa shape index (κ3) is 4.87. The van der Waals surface area contributed by atoms with Crippen molar-refractivity contribution in [3.8, 4) is 0 Å². The Morgan fingerprint density at radius 2 is 1.63 bits per heavy atom. The van der Waals surface area contributed by atoms with Gasteiger partial charge in [0.25, 0.3) is 5.91 Å². The Hall–Kier alpha value is -1.92. The van der Waals surface area contributed by atoms with Crippen molar-refractivity contribution in [2.45, 2.75) is 45.5 Å². The molecule has 0 aromatic heterocycles. The molecule has 2 fully saturated rings. The molecule has 6 heteroatoms. The van der Waals surface area contributed by atoms with Crippen LogP contribution in [0.3, 0.4) is 0 Å². The monoisotopic (exact) mass is 374 g/mol. The zero-order valence-corrected chi connectivity index (χ0v) is 16.5. The molecular weight excluding hydrogens is 344 g/mol. The van der Waals surface area contributed by atoms with Crippen LogP contribution in [0.25, 0.3) is 0 Å². The summed E-state index contributed by atoms with van der Waals surface area (Å²) in [6.45, 7) is 7.15. The minimum absolute atomic E-state index is 0.00984. The SMILES string of the molecule is COCc1ccc(C(=O)N2CCC(C(=O)N3CC(C)OC(C)C3)CC2)cc1. The molecule has 0 saturated carbocycles. The summed E-state index contributed by atoms with van der Waals surface area (Å²) in [7, 11) is 1.66. The van der Waals surface area contributed by atoms with Crippen molar-refractivity contribution in [2.75, 3.05) is 33.3 Å². The van der Waals surface area contributed by atoms with E-state index in [1.54, 1.807) is 7.11 Å². The maximum absolute atomic E-state index is 12.8. The first kappa shape index (κ1) is 19.8. The highest BCUT2D eigenvalue weighted by Crippen LogP contribution is 2.23. The van der Waals surface area contributed by atoms with Gasteiger partial charge in [-0.05, 0) is 44.4 Å². The van der Waals surface area contributed by atoms with Crippen molar-refractivity contribution in [1.82, 2.24) is 9.80 Å². The number of carbonyl (C=O) groups is 2. The van der Waals surface area contributed by atoms with Crippen LogP contribution in [0, 0.1) is 5.92 Å². The van der Waals surface area contributed by atoms with Gasteiger partial charge in [-0.1, -0.05) is 12.1 Å². The predicted octanol–water partition coefficient (Wildman–Crippen LogP) is 2.32. The number of nitrogens with zero attached hydrogens (tertiary/aromatic N) is 2. The van der Waals surface area contributed by atoms with Gasteiger partial charge >= 0.3 is 0 Å². The minimum Gasteiger partial charge on any atom is -0.380 e. The molecule has 3 rings (SSSR count). The van der Waals surface area contributed by atoms with Crippen molar-refractivity contribution in [1.29, 1.82) is 0 Å². The highest BCUT2D eigenvalue weighted by Gasteiger charge is 2.33. The predicted molar refractivity (Wildman–Crippen MR) is 102 cm³/mol. The molecule has 27 heavy (non-hydrogen) atoms. The second-order valence-corrected chi connectivity index (χ2v) is 7.70. The van der Waals surface area contributed by atoms with Gasteiger partial charge in [0.1, 0.15) is 0 Å². The third-order valence-corrected chi connectivity index (χ3v) is 5.37. The number of hydrogen-bond donors (Lipinski definition) is 0. The smallest absolute Gasteiger partial charge is 0.253 e. The van der Waals surface area contributed by atoms with Crippen molar-refractivity contribution < 1.29 is 19.1 Å². The van der Waals surface area contributed by atoms with Gasteiger partial charge in [-0.15, -0.1) is 0 Å². The zero-order chi connectivity index (χ0) is 19.4. The fourth-order valence-electron chi connectivity index (χ4n) is 4.04. The summed E-state index contributed by atoms with van der Waals surface area (Å²) in [6.07, 6.45) is 1.62. The summed E-state index contributed by atoms with van der Waals surface area (Å²) in [5.74, 6) is 0.266. The van der Waals surface area contributed by atoms with Crippen molar-refractivity contribution in [3.05, 3.63) is 35.4 Å². The maximum Gasteiger partial charge on any atom is 0.253 e. The van der Waals surface area contributed by atoms with E-state index in [2.05, 4.69) is 0 Å². The van der Waals surface area contributed by atoms with Gasteiger partial charge in [0.15, 0.2) is 0 Å². The van der Waals surface area contributed by atoms with E-state index in [-0.39, 0.29) is 29.9 Å². The Morgan fingerprint density at radius 3 is 2.19 bits per heavy atom. The van der Waals surface area contributed by atoms with Crippen LogP contribution in [0.15, 0.2) is 24.3 Å². The number of amides is 2. The molecule has 148 valence electrons. The molecule has 0 aliphatic carbocycles. The molecule has 1 aromatic rings. The average Bonchev–Trinajstić information content (AvgIpc) is 2.67. The number of morpholine rings is 1. The molecule has 2 saturated heterocycles. The minimum atomic E-state index is 0.00984. The summed E-state index contributed by atoms with van der Waals surface area (Å²) in [5, 5.41) is 0. The quantitative estimate of drug-likeness (QED) is 0.812. The van der Waals surface area contributed by atoms with Gasteiger partial charge in [-0.2, -0.15) is 0 Å². The number of rotatable bonds is 4. The summed E-state index contributed by atoms with van der Waals surface area (Å²) in [6, 6.07) is 7.55. The Morgan fingerprint density at radius 1 is 1.04 bits per heavy atom. The number of hydrogen-bond acceptors (Lipinski definition) is 4. The second-order valence-electron chi connectivity index (χ2n) is 7.70. The van der Waals surface area contributed by atoms with E-state index in [4.69, 9.17) is 9.47 Å². The van der Waals surface area contributed by atoms with Crippen LogP contribution in [-0.2, 0) is 20.9 Å². The number of piperidine rings is 1. The fourth-order valence-corrected chi connectivity index (χ4v) is 4.04. The van der Waals surface area contributed by atoms with E-state index in [1.165, 1.54) is 0 Å². The van der Waals surface area contributed by atoms with E-state index in [0.29, 0.717) is 38.3 Å². The Kier molecular flexibility index (Phi) is 6.50. The number of ether oxygens (including phenoxy) is 2. The fraction of sp³-hybridized carbons (Fsp3) is 0.619. The van der Waals surface area contributed by atoms with Gasteiger partial charge in [0.05, 0.1) is 18.8 Å². The number of methoxy groups -OCH3 is 1. The lowest BCUT2D eigenvalue weighted by Gasteiger charge is -2.39. The van der Waals surface area contributed by atoms with Gasteiger partial charge in [0.2, 0.25) is 5.91 Å². The van der Waals surface area contributed by atoms with Gasteiger partial charge < -0.3 is 19.3 Å². The average molecular weight is 374 g/mol. The number of benzene rings is 1. The lowest BCUT2D eigenvalue weighted by molar-refractivity contribution is -0.148. The lowest BCUT2D eigenvalue weighted by Crippen LogP contribution is -2.51. The Bertz CT molecular complexity index is 643. The first-order valence-electron chi connectivity index (χ1n) is 9.79. The van der Waals surface area contributed by atoms with Crippen LogP contribution in [0.5, 0.6) is 0 Å². The molecule has 0 spiro atoms. The summed E-state index contributed by atoms with van der Waals surface area (Å²) >= 11 is 0. The zero-order valence-electron chi connectivity index (χ0n) is 16.5. The molecule has 6 nitrogen and oxygen atoms in total. The van der Waals surface area contributed by atoms with Crippen molar-refractivity contribution in [2.24, 2.45) is 5.92 Å². The van der Waals surface area contributed by atoms with Gasteiger partial charge in [-0.3, -0.25) is 9.59 Å². The molecule has 0 N–H and O–H groups in total. The van der Waals surface area contributed by atoms with Gasteiger partial charge in [-0.25, -0.2) is 0 Å². The largest absolute Gasteiger partial charge is 0.380 e. The molecule has 0 bridgehead atoms. The molecule has 0 radical (unpaired) electrons. The maximum atomic E-state index is 12.8. The van der Waals surface area contributed by atoms with Crippen LogP contribution in [0.4, 0.5) is 0 Å². The van der Waals surface area contributed by atoms with Crippen LogP contribution < -0.4 is 0 Å². The Balaban J connectivity index is 1.53.